The lowest BCUT2D eigenvalue weighted by molar-refractivity contribution is -0.147. The average Bonchev–Trinajstić information content (AvgIpc) is 3.19. The Morgan fingerprint density at radius 1 is 1.18 bits per heavy atom. The van der Waals surface area contributed by atoms with Crippen LogP contribution in [-0.2, 0) is 24.9 Å². The van der Waals surface area contributed by atoms with Gasteiger partial charge in [0, 0.05) is 38.7 Å². The van der Waals surface area contributed by atoms with Gasteiger partial charge in [0.05, 0.1) is 10.9 Å². The molecule has 9 nitrogen and oxygen atoms in total. The Bertz CT molecular complexity index is 1580. The van der Waals surface area contributed by atoms with Gasteiger partial charge in [-0.25, -0.2) is 9.67 Å². The molecule has 2 aromatic carbocycles. The molecule has 2 atom stereocenters. The first-order chi connectivity index (χ1) is 19.0. The highest BCUT2D eigenvalue weighted by Crippen LogP contribution is 2.44. The van der Waals surface area contributed by atoms with Crippen LogP contribution in [0.2, 0.25) is 0 Å². The van der Waals surface area contributed by atoms with E-state index >= 15 is 0 Å². The molecule has 5 rings (SSSR count). The summed E-state index contributed by atoms with van der Waals surface area (Å²) in [5.74, 6) is -0.595. The third-order valence-corrected chi connectivity index (χ3v) is 8.27. The number of nitrogens with zero attached hydrogens (tertiary/aromatic N) is 5. The number of carbonyl (C=O) groups is 1. The maximum Gasteiger partial charge on any atom is 0.310 e. The predicted molar refractivity (Wildman–Crippen MR) is 152 cm³/mol. The molecule has 0 spiro atoms. The second kappa shape index (κ2) is 10.5. The number of aryl methyl sites for hydroxylation is 3. The van der Waals surface area contributed by atoms with E-state index < -0.39 is 17.3 Å². The Hall–Kier alpha value is -3.98. The Labute approximate surface area is 234 Å². The van der Waals surface area contributed by atoms with Gasteiger partial charge in [-0.1, -0.05) is 36.4 Å². The Kier molecular flexibility index (Phi) is 7.27. The number of aliphatic carboxylic acids is 1. The molecule has 4 aromatic rings. The summed E-state index contributed by atoms with van der Waals surface area (Å²) in [5.41, 5.74) is 6.35. The predicted octanol–water partition coefficient (Wildman–Crippen LogP) is 5.10. The van der Waals surface area contributed by atoms with E-state index in [0.29, 0.717) is 31.1 Å². The number of benzene rings is 2. The minimum absolute atomic E-state index is 0.00358. The van der Waals surface area contributed by atoms with Crippen LogP contribution in [0.4, 0.5) is 0 Å². The van der Waals surface area contributed by atoms with Crippen LogP contribution < -0.4 is 4.74 Å². The topological polar surface area (TPSA) is 114 Å². The third kappa shape index (κ3) is 5.01. The SMILES string of the molecule is CC[C@H]1CN(Cc2cc([C@@H](c3ccc4c(nnn4C)c3C)C(C)(C)C(=O)O)ccc2C)Cc2nc(O)ccc2O1. The van der Waals surface area contributed by atoms with E-state index in [9.17, 15) is 15.0 Å². The number of aromatic nitrogens is 4. The average molecular weight is 544 g/mol. The molecular formula is C31H37N5O4. The van der Waals surface area contributed by atoms with Crippen LogP contribution in [0.15, 0.2) is 42.5 Å². The maximum atomic E-state index is 12.6. The fourth-order valence-electron chi connectivity index (χ4n) is 5.76. The van der Waals surface area contributed by atoms with Crippen LogP contribution in [0.25, 0.3) is 11.0 Å². The van der Waals surface area contributed by atoms with Crippen molar-refractivity contribution in [3.63, 3.8) is 0 Å². The summed E-state index contributed by atoms with van der Waals surface area (Å²) in [6, 6.07) is 13.6. The summed E-state index contributed by atoms with van der Waals surface area (Å²) in [6.45, 7) is 11.6. The van der Waals surface area contributed by atoms with Gasteiger partial charge in [-0.15, -0.1) is 5.10 Å². The monoisotopic (exact) mass is 543 g/mol. The van der Waals surface area contributed by atoms with E-state index in [1.807, 2.05) is 32.2 Å². The van der Waals surface area contributed by atoms with E-state index in [1.165, 1.54) is 0 Å². The van der Waals surface area contributed by atoms with Crippen molar-refractivity contribution >= 4 is 17.0 Å². The highest BCUT2D eigenvalue weighted by Gasteiger charge is 2.40. The van der Waals surface area contributed by atoms with Gasteiger partial charge in [-0.3, -0.25) is 9.69 Å². The van der Waals surface area contributed by atoms with Crippen molar-refractivity contribution in [3.05, 3.63) is 76.0 Å². The zero-order valence-corrected chi connectivity index (χ0v) is 24.0. The molecule has 9 heteroatoms. The lowest BCUT2D eigenvalue weighted by Crippen LogP contribution is -2.33. The first-order valence-corrected chi connectivity index (χ1v) is 13.7. The zero-order chi connectivity index (χ0) is 28.8. The van der Waals surface area contributed by atoms with Gasteiger partial charge in [0.2, 0.25) is 5.88 Å². The Morgan fingerprint density at radius 2 is 1.95 bits per heavy atom. The molecule has 1 aliphatic heterocycles. The van der Waals surface area contributed by atoms with Gasteiger partial charge in [0.15, 0.2) is 0 Å². The smallest absolute Gasteiger partial charge is 0.310 e. The minimum Gasteiger partial charge on any atom is -0.493 e. The van der Waals surface area contributed by atoms with Crippen LogP contribution >= 0.6 is 0 Å². The van der Waals surface area contributed by atoms with Gasteiger partial charge >= 0.3 is 5.97 Å². The lowest BCUT2D eigenvalue weighted by atomic mass is 9.69. The van der Waals surface area contributed by atoms with Crippen molar-refractivity contribution in [2.24, 2.45) is 12.5 Å². The summed E-state index contributed by atoms with van der Waals surface area (Å²) in [4.78, 5) is 19.3. The van der Waals surface area contributed by atoms with Crippen molar-refractivity contribution in [2.45, 2.75) is 66.2 Å². The number of hydrogen-bond donors (Lipinski definition) is 2. The van der Waals surface area contributed by atoms with Crippen LogP contribution in [0, 0.1) is 19.3 Å². The van der Waals surface area contributed by atoms with Crippen molar-refractivity contribution in [2.75, 3.05) is 6.54 Å². The standard InChI is InChI=1S/C31H37N5O4/c1-7-22-16-36(17-24-26(40-22)12-13-27(37)32-24)15-21-14-20(9-8-18(21)2)28(31(4,5)30(38)39)23-10-11-25-29(19(23)3)33-34-35(25)6/h8-14,22,28H,7,15-17H2,1-6H3,(H,32,37)(H,38,39)/t22-,28-/m0/s1. The zero-order valence-electron chi connectivity index (χ0n) is 24.0. The molecule has 0 saturated heterocycles. The summed E-state index contributed by atoms with van der Waals surface area (Å²) in [6.07, 6.45) is 0.839. The highest BCUT2D eigenvalue weighted by atomic mass is 16.5. The molecular weight excluding hydrogens is 506 g/mol. The largest absolute Gasteiger partial charge is 0.493 e. The highest BCUT2D eigenvalue weighted by molar-refractivity contribution is 5.81. The molecule has 2 N–H and O–H groups in total. The van der Waals surface area contributed by atoms with Crippen LogP contribution in [0.3, 0.4) is 0 Å². The number of ether oxygens (including phenoxy) is 1. The molecule has 0 amide bonds. The number of hydrogen-bond acceptors (Lipinski definition) is 7. The second-order valence-electron chi connectivity index (χ2n) is 11.4. The van der Waals surface area contributed by atoms with E-state index in [2.05, 4.69) is 46.2 Å². The molecule has 0 aliphatic carbocycles. The van der Waals surface area contributed by atoms with Crippen molar-refractivity contribution in [1.29, 1.82) is 0 Å². The number of carboxylic acids is 1. The van der Waals surface area contributed by atoms with Gasteiger partial charge in [-0.2, -0.15) is 0 Å². The van der Waals surface area contributed by atoms with Gasteiger partial charge in [0.25, 0.3) is 0 Å². The quantitative estimate of drug-likeness (QED) is 0.331. The van der Waals surface area contributed by atoms with Crippen LogP contribution in [0.1, 0.15) is 66.6 Å². The Balaban J connectivity index is 1.56. The number of pyridine rings is 1. The minimum atomic E-state index is -1.09. The number of fused-ring (bicyclic) bond motifs is 2. The van der Waals surface area contributed by atoms with E-state index in [-0.39, 0.29) is 12.0 Å². The first kappa shape index (κ1) is 27.6. The van der Waals surface area contributed by atoms with E-state index in [1.54, 1.807) is 30.7 Å². The molecule has 3 heterocycles. The molecule has 0 radical (unpaired) electrons. The summed E-state index contributed by atoms with van der Waals surface area (Å²) in [5, 5.41) is 28.9. The molecule has 2 aromatic heterocycles. The van der Waals surface area contributed by atoms with Crippen molar-refractivity contribution < 1.29 is 19.7 Å². The van der Waals surface area contributed by atoms with Crippen LogP contribution in [-0.4, -0.2) is 53.7 Å². The number of aromatic hydroxyl groups is 1. The molecule has 210 valence electrons. The molecule has 40 heavy (non-hydrogen) atoms. The fourth-order valence-corrected chi connectivity index (χ4v) is 5.76. The first-order valence-electron chi connectivity index (χ1n) is 13.7. The van der Waals surface area contributed by atoms with E-state index in [0.717, 1.165) is 45.3 Å². The number of rotatable bonds is 7. The molecule has 0 fully saturated rings. The third-order valence-electron chi connectivity index (χ3n) is 8.27. The summed E-state index contributed by atoms with van der Waals surface area (Å²) >= 11 is 0. The van der Waals surface area contributed by atoms with Gasteiger partial charge < -0.3 is 14.9 Å². The van der Waals surface area contributed by atoms with Gasteiger partial charge in [-0.05, 0) is 74.1 Å². The lowest BCUT2D eigenvalue weighted by Gasteiger charge is -2.33. The molecule has 0 saturated carbocycles. The fraction of sp³-hybridized carbons (Fsp3) is 0.419. The number of carboxylic acid groups (broad SMARTS) is 1. The maximum absolute atomic E-state index is 12.6. The summed E-state index contributed by atoms with van der Waals surface area (Å²) in [7, 11) is 1.85. The molecule has 0 bridgehead atoms. The van der Waals surface area contributed by atoms with Crippen LogP contribution in [0.5, 0.6) is 11.6 Å². The van der Waals surface area contributed by atoms with Crippen molar-refractivity contribution in [3.8, 4) is 11.6 Å². The normalized spacial score (nSPS) is 16.8. The second-order valence-corrected chi connectivity index (χ2v) is 11.4. The summed E-state index contributed by atoms with van der Waals surface area (Å²) < 4.78 is 7.94. The van der Waals surface area contributed by atoms with Crippen molar-refractivity contribution in [1.82, 2.24) is 24.9 Å². The van der Waals surface area contributed by atoms with Gasteiger partial charge in [0.1, 0.15) is 23.1 Å². The Morgan fingerprint density at radius 3 is 2.67 bits per heavy atom. The molecule has 0 unspecified atom stereocenters. The van der Waals surface area contributed by atoms with E-state index in [4.69, 9.17) is 4.74 Å². The molecule has 1 aliphatic rings.